The second-order valence-electron chi connectivity index (χ2n) is 6.96. The zero-order valence-electron chi connectivity index (χ0n) is 15.6. The van der Waals surface area contributed by atoms with Crippen LogP contribution in [0.2, 0.25) is 5.02 Å². The van der Waals surface area contributed by atoms with Crippen LogP contribution >= 0.6 is 11.6 Å². The molecule has 2 heterocycles. The number of carbonyl (C=O) groups is 1. The maximum atomic E-state index is 12.7. The quantitative estimate of drug-likeness (QED) is 0.682. The van der Waals surface area contributed by atoms with E-state index in [0.29, 0.717) is 43.4 Å². The molecular weight excluding hydrogens is 376 g/mol. The molecule has 0 aliphatic carbocycles. The van der Waals surface area contributed by atoms with Gasteiger partial charge >= 0.3 is 0 Å². The lowest BCUT2D eigenvalue weighted by Crippen LogP contribution is -2.51. The molecule has 0 unspecified atom stereocenters. The fourth-order valence-corrected chi connectivity index (χ4v) is 3.65. The van der Waals surface area contributed by atoms with Crippen molar-refractivity contribution >= 4 is 34.4 Å². The Morgan fingerprint density at radius 2 is 1.71 bits per heavy atom. The number of fused-ring (bicyclic) bond motifs is 1. The van der Waals surface area contributed by atoms with Gasteiger partial charge in [0, 0.05) is 38.2 Å². The summed E-state index contributed by atoms with van der Waals surface area (Å²) in [4.78, 5) is 33.7. The number of piperazine rings is 1. The fourth-order valence-electron chi connectivity index (χ4n) is 3.53. The summed E-state index contributed by atoms with van der Waals surface area (Å²) in [7, 11) is 1.77. The van der Waals surface area contributed by atoms with Gasteiger partial charge in [0.15, 0.2) is 5.82 Å². The number of benzene rings is 2. The topological polar surface area (TPSA) is 58.4 Å². The Morgan fingerprint density at radius 1 is 1.04 bits per heavy atom. The number of aromatic nitrogens is 2. The van der Waals surface area contributed by atoms with E-state index in [1.807, 2.05) is 46.2 Å². The number of rotatable bonds is 3. The predicted octanol–water partition coefficient (Wildman–Crippen LogP) is 2.48. The Hall–Kier alpha value is -2.86. The van der Waals surface area contributed by atoms with Crippen LogP contribution in [0.5, 0.6) is 0 Å². The third-order valence-corrected chi connectivity index (χ3v) is 5.42. The summed E-state index contributed by atoms with van der Waals surface area (Å²) in [5.41, 5.74) is 2.44. The number of para-hydroxylation sites is 2. The molecule has 0 N–H and O–H groups in total. The molecule has 1 aliphatic heterocycles. The smallest absolute Gasteiger partial charge is 0.293 e. The van der Waals surface area contributed by atoms with E-state index >= 15 is 0 Å². The number of carbonyl (C=O) groups excluding carboxylic acids is 1. The largest absolute Gasteiger partial charge is 0.348 e. The van der Waals surface area contributed by atoms with Gasteiger partial charge in [-0.2, -0.15) is 0 Å². The standard InChI is InChI=1S/C21H21ClN4O2/c1-24-18-5-3-2-4-17(18)23-20(21(24)28)26-12-10-25(11-13-26)19(27)14-15-6-8-16(22)9-7-15/h2-9H,10-14H2,1H3. The maximum absolute atomic E-state index is 12.7. The summed E-state index contributed by atoms with van der Waals surface area (Å²) < 4.78 is 1.63. The van der Waals surface area contributed by atoms with Gasteiger partial charge in [-0.3, -0.25) is 9.59 Å². The van der Waals surface area contributed by atoms with Gasteiger partial charge in [0.2, 0.25) is 5.91 Å². The minimum Gasteiger partial charge on any atom is -0.348 e. The summed E-state index contributed by atoms with van der Waals surface area (Å²) in [5.74, 6) is 0.535. The Balaban J connectivity index is 1.46. The molecule has 28 heavy (non-hydrogen) atoms. The first kappa shape index (κ1) is 18.5. The van der Waals surface area contributed by atoms with Crippen molar-refractivity contribution in [3.63, 3.8) is 0 Å². The van der Waals surface area contributed by atoms with E-state index in [0.717, 1.165) is 16.6 Å². The molecule has 6 nitrogen and oxygen atoms in total. The van der Waals surface area contributed by atoms with Gasteiger partial charge in [0.25, 0.3) is 5.56 Å². The van der Waals surface area contributed by atoms with Gasteiger partial charge in [-0.1, -0.05) is 35.9 Å². The fraction of sp³-hybridized carbons (Fsp3) is 0.286. The highest BCUT2D eigenvalue weighted by Gasteiger charge is 2.24. The van der Waals surface area contributed by atoms with Crippen LogP contribution in [-0.2, 0) is 18.3 Å². The minimum atomic E-state index is -0.111. The first-order valence-electron chi connectivity index (χ1n) is 9.26. The third-order valence-electron chi connectivity index (χ3n) is 5.17. The average Bonchev–Trinajstić information content (AvgIpc) is 2.72. The van der Waals surface area contributed by atoms with Gasteiger partial charge in [-0.25, -0.2) is 4.98 Å². The van der Waals surface area contributed by atoms with E-state index in [-0.39, 0.29) is 11.5 Å². The van der Waals surface area contributed by atoms with E-state index in [1.54, 1.807) is 23.7 Å². The van der Waals surface area contributed by atoms with E-state index in [4.69, 9.17) is 11.6 Å². The third kappa shape index (κ3) is 3.60. The van der Waals surface area contributed by atoms with Crippen LogP contribution in [0.15, 0.2) is 53.3 Å². The number of anilines is 1. The lowest BCUT2D eigenvalue weighted by Gasteiger charge is -2.35. The average molecular weight is 397 g/mol. The zero-order chi connectivity index (χ0) is 19.7. The van der Waals surface area contributed by atoms with E-state index in [2.05, 4.69) is 4.98 Å². The van der Waals surface area contributed by atoms with Crippen LogP contribution < -0.4 is 10.5 Å². The van der Waals surface area contributed by atoms with E-state index < -0.39 is 0 Å². The van der Waals surface area contributed by atoms with E-state index in [1.165, 1.54) is 0 Å². The number of hydrogen-bond donors (Lipinski definition) is 0. The van der Waals surface area contributed by atoms with Crippen LogP contribution in [0.25, 0.3) is 11.0 Å². The molecule has 144 valence electrons. The normalized spacial score (nSPS) is 14.5. The molecule has 0 spiro atoms. The van der Waals surface area contributed by atoms with Crippen molar-refractivity contribution in [1.29, 1.82) is 0 Å². The molecule has 0 radical (unpaired) electrons. The molecule has 7 heteroatoms. The number of hydrogen-bond acceptors (Lipinski definition) is 4. The predicted molar refractivity (Wildman–Crippen MR) is 111 cm³/mol. The molecular formula is C21H21ClN4O2. The molecule has 3 aromatic rings. The summed E-state index contributed by atoms with van der Waals surface area (Å²) in [5, 5.41) is 0.661. The highest BCUT2D eigenvalue weighted by atomic mass is 35.5. The Bertz CT molecular complexity index is 1070. The number of amides is 1. The molecule has 4 rings (SSSR count). The van der Waals surface area contributed by atoms with Crippen molar-refractivity contribution in [3.05, 3.63) is 69.5 Å². The summed E-state index contributed by atoms with van der Waals surface area (Å²) in [6.45, 7) is 2.33. The molecule has 2 aromatic carbocycles. The molecule has 0 saturated carbocycles. The Morgan fingerprint density at radius 3 is 2.43 bits per heavy atom. The van der Waals surface area contributed by atoms with Gasteiger partial charge in [0.05, 0.1) is 17.5 Å². The lowest BCUT2D eigenvalue weighted by molar-refractivity contribution is -0.130. The Labute approximate surface area is 168 Å². The molecule has 0 bridgehead atoms. The highest BCUT2D eigenvalue weighted by molar-refractivity contribution is 6.30. The monoisotopic (exact) mass is 396 g/mol. The van der Waals surface area contributed by atoms with E-state index in [9.17, 15) is 9.59 Å². The molecule has 1 fully saturated rings. The summed E-state index contributed by atoms with van der Waals surface area (Å²) in [6, 6.07) is 14.9. The van der Waals surface area contributed by atoms with Gasteiger partial charge < -0.3 is 14.4 Å². The van der Waals surface area contributed by atoms with Gasteiger partial charge in [-0.15, -0.1) is 0 Å². The zero-order valence-corrected chi connectivity index (χ0v) is 16.4. The Kier molecular flexibility index (Phi) is 5.05. The van der Waals surface area contributed by atoms with Crippen LogP contribution in [0, 0.1) is 0 Å². The van der Waals surface area contributed by atoms with Crippen molar-refractivity contribution in [3.8, 4) is 0 Å². The summed E-state index contributed by atoms with van der Waals surface area (Å²) in [6.07, 6.45) is 0.354. The highest BCUT2D eigenvalue weighted by Crippen LogP contribution is 2.16. The van der Waals surface area contributed by atoms with Gasteiger partial charge in [0.1, 0.15) is 0 Å². The molecule has 1 aromatic heterocycles. The van der Waals surface area contributed by atoms with Crippen LogP contribution in [0.1, 0.15) is 5.56 Å². The van der Waals surface area contributed by atoms with Gasteiger partial charge in [-0.05, 0) is 29.8 Å². The van der Waals surface area contributed by atoms with Crippen molar-refractivity contribution in [2.45, 2.75) is 6.42 Å². The molecule has 1 aliphatic rings. The minimum absolute atomic E-state index is 0.0846. The molecule has 1 saturated heterocycles. The second-order valence-corrected chi connectivity index (χ2v) is 7.40. The van der Waals surface area contributed by atoms with Crippen molar-refractivity contribution < 1.29 is 4.79 Å². The first-order chi connectivity index (χ1) is 13.5. The van der Waals surface area contributed by atoms with Crippen molar-refractivity contribution in [2.24, 2.45) is 7.05 Å². The van der Waals surface area contributed by atoms with Crippen molar-refractivity contribution in [2.75, 3.05) is 31.1 Å². The molecule has 1 amide bonds. The number of aryl methyl sites for hydroxylation is 1. The van der Waals surface area contributed by atoms with Crippen LogP contribution in [-0.4, -0.2) is 46.5 Å². The number of halogens is 1. The molecule has 0 atom stereocenters. The van der Waals surface area contributed by atoms with Crippen molar-refractivity contribution in [1.82, 2.24) is 14.5 Å². The van der Waals surface area contributed by atoms with Crippen LogP contribution in [0.4, 0.5) is 5.82 Å². The second kappa shape index (κ2) is 7.64. The number of nitrogens with zero attached hydrogens (tertiary/aromatic N) is 4. The first-order valence-corrected chi connectivity index (χ1v) is 9.63. The SMILES string of the molecule is Cn1c(=O)c(N2CCN(C(=O)Cc3ccc(Cl)cc3)CC2)nc2ccccc21. The maximum Gasteiger partial charge on any atom is 0.293 e. The van der Waals surface area contributed by atoms with Crippen LogP contribution in [0.3, 0.4) is 0 Å². The lowest BCUT2D eigenvalue weighted by atomic mass is 10.1. The summed E-state index contributed by atoms with van der Waals surface area (Å²) >= 11 is 5.90.